The molecule has 0 fully saturated rings. The van der Waals surface area contributed by atoms with E-state index in [1.54, 1.807) is 54.6 Å². The van der Waals surface area contributed by atoms with Crippen molar-refractivity contribution in [2.75, 3.05) is 11.9 Å². The lowest BCUT2D eigenvalue weighted by Crippen LogP contribution is -2.06. The van der Waals surface area contributed by atoms with Crippen LogP contribution < -0.4 is 10.1 Å². The van der Waals surface area contributed by atoms with Gasteiger partial charge < -0.3 is 10.1 Å². The summed E-state index contributed by atoms with van der Waals surface area (Å²) in [6.07, 6.45) is 3.17. The summed E-state index contributed by atoms with van der Waals surface area (Å²) in [5.41, 5.74) is 1.91. The largest absolute Gasteiger partial charge is 0.479 e. The van der Waals surface area contributed by atoms with Crippen molar-refractivity contribution in [2.24, 2.45) is 0 Å². The average molecular weight is 320 g/mol. The molecule has 0 bridgehead atoms. The summed E-state index contributed by atoms with van der Waals surface area (Å²) in [7, 11) is 0. The maximum absolute atomic E-state index is 12.2. The Morgan fingerprint density at radius 1 is 1.21 bits per heavy atom. The summed E-state index contributed by atoms with van der Waals surface area (Å²) in [6, 6.07) is 15.7. The Labute approximate surface area is 140 Å². The molecule has 0 aliphatic carbocycles. The molecule has 0 saturated heterocycles. The molecule has 1 amide bonds. The zero-order valence-electron chi connectivity index (χ0n) is 13.2. The van der Waals surface area contributed by atoms with E-state index in [-0.39, 0.29) is 18.3 Å². The van der Waals surface area contributed by atoms with Crippen molar-refractivity contribution < 1.29 is 14.3 Å². The Bertz CT molecular complexity index is 802. The van der Waals surface area contributed by atoms with Gasteiger partial charge in [-0.15, -0.1) is 0 Å². The lowest BCUT2D eigenvalue weighted by Gasteiger charge is -2.03. The predicted molar refractivity (Wildman–Crippen MR) is 91.7 cm³/mol. The third-order valence-corrected chi connectivity index (χ3v) is 3.08. The number of anilines is 1. The monoisotopic (exact) mass is 320 g/mol. The molecule has 2 rings (SSSR count). The first-order chi connectivity index (χ1) is 11.6. The van der Waals surface area contributed by atoms with Crippen LogP contribution in [0.5, 0.6) is 5.75 Å². The third kappa shape index (κ3) is 5.11. The second kappa shape index (κ2) is 8.30. The number of amides is 1. The normalized spacial score (nSPS) is 10.2. The molecule has 2 aromatic rings. The van der Waals surface area contributed by atoms with Crippen LogP contribution in [0.1, 0.15) is 22.8 Å². The molecule has 0 atom stereocenters. The van der Waals surface area contributed by atoms with E-state index in [0.29, 0.717) is 17.0 Å². The van der Waals surface area contributed by atoms with Gasteiger partial charge in [-0.3, -0.25) is 9.59 Å². The second-order valence-corrected chi connectivity index (χ2v) is 4.98. The van der Waals surface area contributed by atoms with Crippen LogP contribution in [0.4, 0.5) is 5.69 Å². The number of nitriles is 1. The number of ketones is 1. The number of carbonyl (C=O) groups is 2. The number of nitrogens with one attached hydrogen (secondary N) is 1. The van der Waals surface area contributed by atoms with Crippen molar-refractivity contribution in [1.29, 1.82) is 5.26 Å². The van der Waals surface area contributed by atoms with Crippen LogP contribution in [0.25, 0.3) is 6.08 Å². The predicted octanol–water partition coefficient (Wildman–Crippen LogP) is 3.44. The van der Waals surface area contributed by atoms with E-state index in [2.05, 4.69) is 5.32 Å². The Morgan fingerprint density at radius 2 is 1.96 bits per heavy atom. The molecule has 24 heavy (non-hydrogen) atoms. The van der Waals surface area contributed by atoms with Gasteiger partial charge in [0.15, 0.2) is 12.4 Å². The Kier molecular flexibility index (Phi) is 5.87. The van der Waals surface area contributed by atoms with E-state index >= 15 is 0 Å². The first-order valence-corrected chi connectivity index (χ1v) is 7.28. The number of nitrogens with zero attached hydrogens (tertiary/aromatic N) is 1. The summed E-state index contributed by atoms with van der Waals surface area (Å²) in [5.74, 6) is 0.254. The van der Waals surface area contributed by atoms with E-state index < -0.39 is 0 Å². The van der Waals surface area contributed by atoms with Crippen molar-refractivity contribution in [2.45, 2.75) is 6.92 Å². The first-order valence-electron chi connectivity index (χ1n) is 7.28. The molecule has 0 spiro atoms. The fourth-order valence-electron chi connectivity index (χ4n) is 2.01. The van der Waals surface area contributed by atoms with Gasteiger partial charge in [0, 0.05) is 18.2 Å². The SMILES string of the molecule is CC(=O)Nc1cccc(C(=O)/C=C/c2ccc(OCC#N)cc2)c1. The van der Waals surface area contributed by atoms with Crippen molar-refractivity contribution in [1.82, 2.24) is 0 Å². The van der Waals surface area contributed by atoms with E-state index in [4.69, 9.17) is 10.00 Å². The van der Waals surface area contributed by atoms with Gasteiger partial charge in [-0.2, -0.15) is 5.26 Å². The van der Waals surface area contributed by atoms with Crippen molar-refractivity contribution >= 4 is 23.5 Å². The van der Waals surface area contributed by atoms with E-state index in [1.807, 2.05) is 6.07 Å². The Balaban J connectivity index is 2.04. The molecule has 0 unspecified atom stereocenters. The van der Waals surface area contributed by atoms with Crippen molar-refractivity contribution in [3.05, 3.63) is 65.7 Å². The molecule has 0 aliphatic rings. The summed E-state index contributed by atoms with van der Waals surface area (Å²) in [5, 5.41) is 11.1. The molecule has 0 radical (unpaired) electrons. The molecule has 0 aromatic heterocycles. The molecule has 0 aliphatic heterocycles. The minimum Gasteiger partial charge on any atom is -0.479 e. The fraction of sp³-hybridized carbons (Fsp3) is 0.105. The zero-order chi connectivity index (χ0) is 17.4. The van der Waals surface area contributed by atoms with Gasteiger partial charge in [0.2, 0.25) is 5.91 Å². The number of rotatable bonds is 6. The van der Waals surface area contributed by atoms with Crippen LogP contribution in [0.3, 0.4) is 0 Å². The average Bonchev–Trinajstić information content (AvgIpc) is 2.58. The fourth-order valence-corrected chi connectivity index (χ4v) is 2.01. The van der Waals surface area contributed by atoms with E-state index in [0.717, 1.165) is 5.56 Å². The van der Waals surface area contributed by atoms with Crippen LogP contribution in [-0.4, -0.2) is 18.3 Å². The molecule has 5 heteroatoms. The van der Waals surface area contributed by atoms with Crippen LogP contribution in [0.15, 0.2) is 54.6 Å². The standard InChI is InChI=1S/C19H16N2O3/c1-14(22)21-17-4-2-3-16(13-17)19(23)10-7-15-5-8-18(9-6-15)24-12-11-20/h2-10,13H,12H2,1H3,(H,21,22)/b10-7+. The lowest BCUT2D eigenvalue weighted by molar-refractivity contribution is -0.114. The lowest BCUT2D eigenvalue weighted by atomic mass is 10.1. The van der Waals surface area contributed by atoms with Crippen LogP contribution in [-0.2, 0) is 4.79 Å². The van der Waals surface area contributed by atoms with Crippen LogP contribution in [0, 0.1) is 11.3 Å². The number of hydrogen-bond donors (Lipinski definition) is 1. The number of carbonyl (C=O) groups excluding carboxylic acids is 2. The van der Waals surface area contributed by atoms with Gasteiger partial charge in [0.05, 0.1) is 0 Å². The molecule has 0 saturated carbocycles. The maximum atomic E-state index is 12.2. The van der Waals surface area contributed by atoms with Gasteiger partial charge >= 0.3 is 0 Å². The topological polar surface area (TPSA) is 79.2 Å². The molecule has 0 heterocycles. The first kappa shape index (κ1) is 17.0. The highest BCUT2D eigenvalue weighted by atomic mass is 16.5. The minimum atomic E-state index is -0.186. The summed E-state index contributed by atoms with van der Waals surface area (Å²) in [6.45, 7) is 1.41. The van der Waals surface area contributed by atoms with Crippen LogP contribution in [0.2, 0.25) is 0 Å². The third-order valence-electron chi connectivity index (χ3n) is 3.08. The number of ether oxygens (including phenoxy) is 1. The minimum absolute atomic E-state index is 0.00168. The van der Waals surface area contributed by atoms with Gasteiger partial charge in [-0.1, -0.05) is 30.3 Å². The maximum Gasteiger partial charge on any atom is 0.221 e. The molecule has 5 nitrogen and oxygen atoms in total. The quantitative estimate of drug-likeness (QED) is 0.653. The highest BCUT2D eigenvalue weighted by Crippen LogP contribution is 2.15. The molecule has 120 valence electrons. The second-order valence-electron chi connectivity index (χ2n) is 4.98. The number of hydrogen-bond acceptors (Lipinski definition) is 4. The Morgan fingerprint density at radius 3 is 2.62 bits per heavy atom. The highest BCUT2D eigenvalue weighted by molar-refractivity contribution is 6.07. The van der Waals surface area contributed by atoms with E-state index in [1.165, 1.54) is 13.0 Å². The molecule has 1 N–H and O–H groups in total. The number of benzene rings is 2. The summed E-state index contributed by atoms with van der Waals surface area (Å²) < 4.78 is 5.16. The van der Waals surface area contributed by atoms with Crippen molar-refractivity contribution in [3.63, 3.8) is 0 Å². The molecular formula is C19H16N2O3. The van der Waals surface area contributed by atoms with Gasteiger partial charge in [-0.25, -0.2) is 0 Å². The summed E-state index contributed by atoms with van der Waals surface area (Å²) >= 11 is 0. The summed E-state index contributed by atoms with van der Waals surface area (Å²) in [4.78, 5) is 23.3. The highest BCUT2D eigenvalue weighted by Gasteiger charge is 2.04. The van der Waals surface area contributed by atoms with Gasteiger partial charge in [0.25, 0.3) is 0 Å². The smallest absolute Gasteiger partial charge is 0.221 e. The van der Waals surface area contributed by atoms with Crippen LogP contribution >= 0.6 is 0 Å². The van der Waals surface area contributed by atoms with E-state index in [9.17, 15) is 9.59 Å². The zero-order valence-corrected chi connectivity index (χ0v) is 13.2. The van der Waals surface area contributed by atoms with Crippen molar-refractivity contribution in [3.8, 4) is 11.8 Å². The number of allylic oxidation sites excluding steroid dienone is 1. The molecular weight excluding hydrogens is 304 g/mol. The molecule has 2 aromatic carbocycles. The van der Waals surface area contributed by atoms with Gasteiger partial charge in [0.1, 0.15) is 11.8 Å². The Hall–Kier alpha value is -3.39. The van der Waals surface area contributed by atoms with Gasteiger partial charge in [-0.05, 0) is 35.9 Å².